The van der Waals surface area contributed by atoms with Crippen LogP contribution in [0.25, 0.3) is 17.0 Å². The van der Waals surface area contributed by atoms with Gasteiger partial charge in [-0.15, -0.1) is 0 Å². The van der Waals surface area contributed by atoms with Crippen LogP contribution in [0.3, 0.4) is 0 Å². The fraction of sp³-hybridized carbons (Fsp3) is 0.0741. The van der Waals surface area contributed by atoms with Crippen molar-refractivity contribution in [1.29, 1.82) is 0 Å². The number of fused-ring (bicyclic) bond motifs is 1. The molecule has 5 nitrogen and oxygen atoms in total. The quantitative estimate of drug-likeness (QED) is 0.261. The molecule has 0 radical (unpaired) electrons. The van der Waals surface area contributed by atoms with Crippen LogP contribution in [-0.4, -0.2) is 21.5 Å². The topological polar surface area (TPSA) is 54.3 Å². The van der Waals surface area contributed by atoms with E-state index in [0.717, 1.165) is 21.4 Å². The van der Waals surface area contributed by atoms with Gasteiger partial charge in [-0.2, -0.15) is 0 Å². The van der Waals surface area contributed by atoms with Crippen molar-refractivity contribution in [3.8, 4) is 0 Å². The van der Waals surface area contributed by atoms with Crippen LogP contribution >= 0.6 is 12.2 Å². The fourth-order valence-corrected chi connectivity index (χ4v) is 4.35. The number of amides is 2. The van der Waals surface area contributed by atoms with Crippen LogP contribution in [0.2, 0.25) is 0 Å². The van der Waals surface area contributed by atoms with Crippen molar-refractivity contribution in [1.82, 2.24) is 9.88 Å². The molecular formula is C27H20FN3O2S. The molecule has 1 N–H and O–H groups in total. The maximum absolute atomic E-state index is 14.4. The van der Waals surface area contributed by atoms with Gasteiger partial charge in [0, 0.05) is 29.2 Å². The second kappa shape index (κ2) is 8.68. The average molecular weight is 470 g/mol. The van der Waals surface area contributed by atoms with E-state index < -0.39 is 17.6 Å². The van der Waals surface area contributed by atoms with Gasteiger partial charge in [0.1, 0.15) is 11.4 Å². The van der Waals surface area contributed by atoms with E-state index in [2.05, 4.69) is 34.1 Å². The second-order valence-electron chi connectivity index (χ2n) is 8.12. The first-order valence-electron chi connectivity index (χ1n) is 10.7. The number of rotatable bonds is 4. The van der Waals surface area contributed by atoms with Gasteiger partial charge in [0.2, 0.25) is 0 Å². The van der Waals surface area contributed by atoms with Crippen LogP contribution in [0.5, 0.6) is 0 Å². The zero-order valence-corrected chi connectivity index (χ0v) is 19.1. The molecule has 0 atom stereocenters. The Morgan fingerprint density at radius 1 is 0.971 bits per heavy atom. The fourth-order valence-electron chi connectivity index (χ4n) is 4.08. The number of hydrogen-bond donors (Lipinski definition) is 1. The standard InChI is InChI=1S/C27H20FN3O2S/c1-17-10-12-18(13-11-17)15-30-16-19(20-6-2-4-8-23(20)30)14-21-25(32)29-27(34)31(26(21)33)24-9-5-3-7-22(24)28/h2-14,16H,15H2,1H3,(H,29,32,34)/b21-14+. The van der Waals surface area contributed by atoms with Crippen LogP contribution < -0.4 is 10.2 Å². The van der Waals surface area contributed by atoms with Gasteiger partial charge >= 0.3 is 0 Å². The van der Waals surface area contributed by atoms with E-state index in [1.165, 1.54) is 23.8 Å². The molecule has 34 heavy (non-hydrogen) atoms. The number of anilines is 1. The third kappa shape index (κ3) is 3.91. The first kappa shape index (κ1) is 21.7. The lowest BCUT2D eigenvalue weighted by atomic mass is 10.1. The number of benzene rings is 3. The molecule has 1 aliphatic heterocycles. The second-order valence-corrected chi connectivity index (χ2v) is 8.51. The van der Waals surface area contributed by atoms with Crippen molar-refractivity contribution in [3.05, 3.63) is 107 Å². The number of para-hydroxylation sites is 2. The summed E-state index contributed by atoms with van der Waals surface area (Å²) in [4.78, 5) is 27.1. The van der Waals surface area contributed by atoms with Crippen LogP contribution in [0, 0.1) is 12.7 Å². The Kier molecular flexibility index (Phi) is 5.55. The van der Waals surface area contributed by atoms with Gasteiger partial charge in [0.05, 0.1) is 5.69 Å². The van der Waals surface area contributed by atoms with Gasteiger partial charge in [-0.1, -0.05) is 60.2 Å². The number of thiocarbonyl (C=S) groups is 1. The average Bonchev–Trinajstić information content (AvgIpc) is 3.16. The van der Waals surface area contributed by atoms with Crippen molar-refractivity contribution in [2.75, 3.05) is 4.90 Å². The minimum absolute atomic E-state index is 0.00907. The van der Waals surface area contributed by atoms with Gasteiger partial charge in [-0.25, -0.2) is 9.29 Å². The van der Waals surface area contributed by atoms with Crippen molar-refractivity contribution in [3.63, 3.8) is 0 Å². The highest BCUT2D eigenvalue weighted by molar-refractivity contribution is 7.80. The molecule has 0 spiro atoms. The molecule has 0 bridgehead atoms. The lowest BCUT2D eigenvalue weighted by Crippen LogP contribution is -2.54. The van der Waals surface area contributed by atoms with Crippen molar-refractivity contribution in [2.24, 2.45) is 0 Å². The normalized spacial score (nSPS) is 15.3. The number of carbonyl (C=O) groups excluding carboxylic acids is 2. The number of aryl methyl sites for hydroxylation is 1. The van der Waals surface area contributed by atoms with Gasteiger partial charge in [0.25, 0.3) is 11.8 Å². The molecule has 2 heterocycles. The Morgan fingerprint density at radius 2 is 1.68 bits per heavy atom. The van der Waals surface area contributed by atoms with Gasteiger partial charge in [0.15, 0.2) is 5.11 Å². The highest BCUT2D eigenvalue weighted by atomic mass is 32.1. The van der Waals surface area contributed by atoms with Gasteiger partial charge in [-0.05, 0) is 49.0 Å². The largest absolute Gasteiger partial charge is 0.342 e. The highest BCUT2D eigenvalue weighted by Gasteiger charge is 2.35. The van der Waals surface area contributed by atoms with E-state index in [1.54, 1.807) is 12.1 Å². The molecule has 3 aromatic carbocycles. The van der Waals surface area contributed by atoms with E-state index in [0.29, 0.717) is 12.1 Å². The first-order valence-corrected chi connectivity index (χ1v) is 11.1. The SMILES string of the molecule is Cc1ccc(Cn2cc(/C=C3\C(=O)NC(=S)N(c4ccccc4F)C3=O)c3ccccc32)cc1. The predicted molar refractivity (Wildman–Crippen MR) is 135 cm³/mol. The molecule has 0 aliphatic carbocycles. The Labute approximate surface area is 201 Å². The number of nitrogens with one attached hydrogen (secondary N) is 1. The summed E-state index contributed by atoms with van der Waals surface area (Å²) in [5.74, 6) is -1.89. The summed E-state index contributed by atoms with van der Waals surface area (Å²) in [5, 5.41) is 3.25. The zero-order valence-electron chi connectivity index (χ0n) is 18.3. The summed E-state index contributed by atoms with van der Waals surface area (Å²) in [6, 6.07) is 21.9. The molecule has 1 saturated heterocycles. The van der Waals surface area contributed by atoms with Gasteiger partial charge in [-0.3, -0.25) is 14.9 Å². The highest BCUT2D eigenvalue weighted by Crippen LogP contribution is 2.28. The van der Waals surface area contributed by atoms with Crippen LogP contribution in [0.4, 0.5) is 10.1 Å². The zero-order chi connectivity index (χ0) is 23.8. The van der Waals surface area contributed by atoms with E-state index in [-0.39, 0.29) is 16.4 Å². The summed E-state index contributed by atoms with van der Waals surface area (Å²) in [6.45, 7) is 2.68. The summed E-state index contributed by atoms with van der Waals surface area (Å²) >= 11 is 5.18. The van der Waals surface area contributed by atoms with E-state index in [4.69, 9.17) is 12.2 Å². The predicted octanol–water partition coefficient (Wildman–Crippen LogP) is 4.97. The number of carbonyl (C=O) groups is 2. The van der Waals surface area contributed by atoms with E-state index in [9.17, 15) is 14.0 Å². The molecule has 4 aromatic rings. The molecule has 0 saturated carbocycles. The molecule has 7 heteroatoms. The molecule has 2 amide bonds. The molecule has 1 fully saturated rings. The molecule has 1 aliphatic rings. The summed E-state index contributed by atoms with van der Waals surface area (Å²) in [6.07, 6.45) is 3.46. The monoisotopic (exact) mass is 469 g/mol. The molecule has 0 unspecified atom stereocenters. The minimum Gasteiger partial charge on any atom is -0.342 e. The van der Waals surface area contributed by atoms with Gasteiger partial charge < -0.3 is 4.57 Å². The Morgan fingerprint density at radius 3 is 2.44 bits per heavy atom. The van der Waals surface area contributed by atoms with Crippen LogP contribution in [-0.2, 0) is 16.1 Å². The van der Waals surface area contributed by atoms with E-state index in [1.807, 2.05) is 37.4 Å². The lowest BCUT2D eigenvalue weighted by Gasteiger charge is -2.29. The first-order chi connectivity index (χ1) is 16.4. The molecule has 5 rings (SSSR count). The number of nitrogens with zero attached hydrogens (tertiary/aromatic N) is 2. The number of hydrogen-bond acceptors (Lipinski definition) is 3. The maximum atomic E-state index is 14.4. The lowest BCUT2D eigenvalue weighted by molar-refractivity contribution is -0.122. The van der Waals surface area contributed by atoms with E-state index >= 15 is 0 Å². The summed E-state index contributed by atoms with van der Waals surface area (Å²) in [7, 11) is 0. The molecule has 168 valence electrons. The summed E-state index contributed by atoms with van der Waals surface area (Å²) in [5.41, 5.74) is 3.88. The third-order valence-electron chi connectivity index (χ3n) is 5.79. The van der Waals surface area contributed by atoms with Crippen molar-refractivity contribution < 1.29 is 14.0 Å². The molecule has 1 aromatic heterocycles. The van der Waals surface area contributed by atoms with Crippen LogP contribution in [0.15, 0.2) is 84.6 Å². The smallest absolute Gasteiger partial charge is 0.270 e. The Bertz CT molecular complexity index is 1490. The number of halogens is 1. The third-order valence-corrected chi connectivity index (χ3v) is 6.07. The van der Waals surface area contributed by atoms with Crippen molar-refractivity contribution >= 4 is 51.8 Å². The Hall–Kier alpha value is -4.10. The number of aromatic nitrogens is 1. The van der Waals surface area contributed by atoms with Crippen molar-refractivity contribution in [2.45, 2.75) is 13.5 Å². The molecular weight excluding hydrogens is 449 g/mol. The maximum Gasteiger partial charge on any atom is 0.270 e. The summed E-state index contributed by atoms with van der Waals surface area (Å²) < 4.78 is 16.5. The minimum atomic E-state index is -0.672. The Balaban J connectivity index is 1.57. The van der Waals surface area contributed by atoms with Crippen LogP contribution in [0.1, 0.15) is 16.7 Å².